The quantitative estimate of drug-likeness (QED) is 0.307. The van der Waals surface area contributed by atoms with Gasteiger partial charge in [-0.3, -0.25) is 0 Å². The van der Waals surface area contributed by atoms with Crippen molar-refractivity contribution >= 4 is 55.2 Å². The maximum absolute atomic E-state index is 6.40. The summed E-state index contributed by atoms with van der Waals surface area (Å²) in [4.78, 5) is 3.66. The number of halogens is 1. The first-order valence-electron chi connectivity index (χ1n) is 9.41. The van der Waals surface area contributed by atoms with Crippen molar-refractivity contribution in [2.45, 2.75) is 6.92 Å². The number of rotatable bonds is 1. The number of hydrogen-bond acceptors (Lipinski definition) is 0. The number of nitrogens with one attached hydrogen (secondary N) is 1. The molecule has 0 aliphatic rings. The molecule has 2 aromatic heterocycles. The highest BCUT2D eigenvalue weighted by Gasteiger charge is 2.17. The van der Waals surface area contributed by atoms with E-state index in [9.17, 15) is 0 Å². The van der Waals surface area contributed by atoms with Crippen LogP contribution in [-0.4, -0.2) is 9.55 Å². The Hall–Kier alpha value is -3.23. The van der Waals surface area contributed by atoms with E-state index in [1.54, 1.807) is 0 Å². The molecule has 6 rings (SSSR count). The van der Waals surface area contributed by atoms with Gasteiger partial charge in [0, 0.05) is 37.8 Å². The summed E-state index contributed by atoms with van der Waals surface area (Å²) >= 11 is 6.40. The molecule has 0 unspecified atom stereocenters. The Morgan fingerprint density at radius 1 is 0.750 bits per heavy atom. The highest BCUT2D eigenvalue weighted by molar-refractivity contribution is 6.31. The lowest BCUT2D eigenvalue weighted by molar-refractivity contribution is 1.17. The van der Waals surface area contributed by atoms with Gasteiger partial charge >= 0.3 is 0 Å². The van der Waals surface area contributed by atoms with Gasteiger partial charge in [0.15, 0.2) is 0 Å². The molecule has 134 valence electrons. The van der Waals surface area contributed by atoms with Gasteiger partial charge in [-0.25, -0.2) is 0 Å². The zero-order chi connectivity index (χ0) is 18.8. The number of fused-ring (bicyclic) bond motifs is 7. The van der Waals surface area contributed by atoms with Crippen molar-refractivity contribution in [2.24, 2.45) is 0 Å². The topological polar surface area (TPSA) is 20.7 Å². The maximum Gasteiger partial charge on any atom is 0.0566 e. The van der Waals surface area contributed by atoms with Crippen molar-refractivity contribution < 1.29 is 0 Å². The van der Waals surface area contributed by atoms with Crippen LogP contribution in [0.25, 0.3) is 49.3 Å². The SMILES string of the molecule is Cc1cc(Cl)cc(-n2c3ccccc3c3c4[nH]c5ccccc5c4ccc32)c1. The molecule has 0 atom stereocenters. The first kappa shape index (κ1) is 15.8. The third-order valence-electron chi connectivity index (χ3n) is 5.60. The number of hydrogen-bond donors (Lipinski definition) is 1. The number of aromatic nitrogens is 2. The number of benzene rings is 4. The number of aromatic amines is 1. The predicted molar refractivity (Wildman–Crippen MR) is 120 cm³/mol. The second-order valence-corrected chi connectivity index (χ2v) is 7.83. The van der Waals surface area contributed by atoms with Crippen molar-refractivity contribution in [2.75, 3.05) is 0 Å². The highest BCUT2D eigenvalue weighted by Crippen LogP contribution is 2.39. The lowest BCUT2D eigenvalue weighted by Gasteiger charge is -2.09. The van der Waals surface area contributed by atoms with Crippen molar-refractivity contribution in [1.29, 1.82) is 0 Å². The van der Waals surface area contributed by atoms with Crippen molar-refractivity contribution in [3.63, 3.8) is 0 Å². The molecule has 0 fully saturated rings. The zero-order valence-corrected chi connectivity index (χ0v) is 16.1. The average Bonchev–Trinajstić information content (AvgIpc) is 3.22. The van der Waals surface area contributed by atoms with E-state index >= 15 is 0 Å². The van der Waals surface area contributed by atoms with E-state index < -0.39 is 0 Å². The monoisotopic (exact) mass is 380 g/mol. The molecular formula is C25H17ClN2. The van der Waals surface area contributed by atoms with Crippen LogP contribution in [0, 0.1) is 6.92 Å². The minimum absolute atomic E-state index is 0.757. The van der Waals surface area contributed by atoms with Crippen LogP contribution in [0.15, 0.2) is 78.9 Å². The fourth-order valence-corrected chi connectivity index (χ4v) is 4.78. The van der Waals surface area contributed by atoms with Crippen LogP contribution in [0.2, 0.25) is 5.02 Å². The molecular weight excluding hydrogens is 364 g/mol. The van der Waals surface area contributed by atoms with E-state index in [1.165, 1.54) is 43.6 Å². The molecule has 0 saturated heterocycles. The van der Waals surface area contributed by atoms with Crippen molar-refractivity contribution in [3.8, 4) is 5.69 Å². The Labute approximate surface area is 167 Å². The first-order chi connectivity index (χ1) is 13.7. The minimum atomic E-state index is 0.757. The Morgan fingerprint density at radius 2 is 1.54 bits per heavy atom. The third kappa shape index (κ3) is 2.10. The summed E-state index contributed by atoms with van der Waals surface area (Å²) in [5.74, 6) is 0. The second-order valence-electron chi connectivity index (χ2n) is 7.39. The van der Waals surface area contributed by atoms with Crippen LogP contribution >= 0.6 is 11.6 Å². The normalized spacial score (nSPS) is 11.9. The second kappa shape index (κ2) is 5.63. The van der Waals surface area contributed by atoms with Gasteiger partial charge in [0.05, 0.1) is 16.6 Å². The van der Waals surface area contributed by atoms with Gasteiger partial charge in [-0.15, -0.1) is 0 Å². The Morgan fingerprint density at radius 3 is 2.39 bits per heavy atom. The molecule has 3 heteroatoms. The van der Waals surface area contributed by atoms with Crippen LogP contribution in [0.4, 0.5) is 0 Å². The number of para-hydroxylation sites is 2. The number of aryl methyl sites for hydroxylation is 1. The fourth-order valence-electron chi connectivity index (χ4n) is 4.50. The summed E-state index contributed by atoms with van der Waals surface area (Å²) in [6.45, 7) is 2.08. The van der Waals surface area contributed by atoms with Gasteiger partial charge in [0.1, 0.15) is 0 Å². The molecule has 0 aliphatic carbocycles. The van der Waals surface area contributed by atoms with Crippen LogP contribution in [-0.2, 0) is 0 Å². The Balaban J connectivity index is 1.85. The summed E-state index contributed by atoms with van der Waals surface area (Å²) in [6, 6.07) is 27.8. The molecule has 0 bridgehead atoms. The fraction of sp³-hybridized carbons (Fsp3) is 0.0400. The Bertz CT molecular complexity index is 1510. The van der Waals surface area contributed by atoms with E-state index in [4.69, 9.17) is 11.6 Å². The van der Waals surface area contributed by atoms with Gasteiger partial charge in [-0.2, -0.15) is 0 Å². The summed E-state index contributed by atoms with van der Waals surface area (Å²) in [5.41, 5.74) is 6.96. The van der Waals surface area contributed by atoms with Gasteiger partial charge in [-0.1, -0.05) is 54.1 Å². The van der Waals surface area contributed by atoms with Crippen molar-refractivity contribution in [3.05, 3.63) is 89.4 Å². The average molecular weight is 381 g/mol. The molecule has 0 amide bonds. The Kier molecular flexibility index (Phi) is 3.18. The van der Waals surface area contributed by atoms with E-state index in [0.29, 0.717) is 0 Å². The van der Waals surface area contributed by atoms with Gasteiger partial charge < -0.3 is 9.55 Å². The maximum atomic E-state index is 6.40. The van der Waals surface area contributed by atoms with Crippen LogP contribution in [0.1, 0.15) is 5.56 Å². The van der Waals surface area contributed by atoms with E-state index in [-0.39, 0.29) is 0 Å². The van der Waals surface area contributed by atoms with E-state index in [0.717, 1.165) is 16.3 Å². The molecule has 28 heavy (non-hydrogen) atoms. The molecule has 0 aliphatic heterocycles. The summed E-state index contributed by atoms with van der Waals surface area (Å²) in [5, 5.41) is 5.77. The zero-order valence-electron chi connectivity index (χ0n) is 15.3. The molecule has 1 N–H and O–H groups in total. The van der Waals surface area contributed by atoms with Crippen molar-refractivity contribution in [1.82, 2.24) is 9.55 Å². The molecule has 0 radical (unpaired) electrons. The summed E-state index contributed by atoms with van der Waals surface area (Å²) < 4.78 is 2.31. The largest absolute Gasteiger partial charge is 0.354 e. The molecule has 0 spiro atoms. The van der Waals surface area contributed by atoms with Crippen LogP contribution in [0.3, 0.4) is 0 Å². The third-order valence-corrected chi connectivity index (χ3v) is 5.82. The minimum Gasteiger partial charge on any atom is -0.354 e. The van der Waals surface area contributed by atoms with Gasteiger partial charge in [0.2, 0.25) is 0 Å². The van der Waals surface area contributed by atoms with E-state index in [1.807, 2.05) is 12.1 Å². The molecule has 6 aromatic rings. The highest BCUT2D eigenvalue weighted by atomic mass is 35.5. The lowest BCUT2D eigenvalue weighted by Crippen LogP contribution is -1.94. The van der Waals surface area contributed by atoms with Gasteiger partial charge in [0.25, 0.3) is 0 Å². The van der Waals surface area contributed by atoms with Gasteiger partial charge in [-0.05, 0) is 48.9 Å². The number of H-pyrrole nitrogens is 1. The standard InChI is InChI=1S/C25H17ClN2/c1-15-12-16(26)14-17(13-15)28-22-9-5-3-7-20(22)24-23(28)11-10-19-18-6-2-4-8-21(18)27-25(19)24/h2-14,27H,1H3. The first-order valence-corrected chi connectivity index (χ1v) is 9.79. The molecule has 2 heterocycles. The van der Waals surface area contributed by atoms with Crippen LogP contribution in [0.5, 0.6) is 0 Å². The summed E-state index contributed by atoms with van der Waals surface area (Å²) in [7, 11) is 0. The summed E-state index contributed by atoms with van der Waals surface area (Å²) in [6.07, 6.45) is 0. The molecule has 4 aromatic carbocycles. The molecule has 0 saturated carbocycles. The molecule has 2 nitrogen and oxygen atoms in total. The number of nitrogens with zero attached hydrogens (tertiary/aromatic N) is 1. The van der Waals surface area contributed by atoms with E-state index in [2.05, 4.69) is 83.2 Å². The smallest absolute Gasteiger partial charge is 0.0566 e. The predicted octanol–water partition coefficient (Wildman–Crippen LogP) is 7.38. The lowest BCUT2D eigenvalue weighted by atomic mass is 10.1. The van der Waals surface area contributed by atoms with Crippen LogP contribution < -0.4 is 0 Å².